The summed E-state index contributed by atoms with van der Waals surface area (Å²) in [5.74, 6) is 0.952. The maximum Gasteiger partial charge on any atom is 0.496 e. The largest absolute Gasteiger partial charge is 0.496 e. The zero-order valence-electron chi connectivity index (χ0n) is 8.87. The van der Waals surface area contributed by atoms with Crippen LogP contribution in [0.4, 0.5) is 9.18 Å². The van der Waals surface area contributed by atoms with Crippen molar-refractivity contribution in [2.45, 2.75) is 37.7 Å². The number of hydrogen-bond acceptors (Lipinski definition) is 3. The Morgan fingerprint density at radius 1 is 1.31 bits per heavy atom. The van der Waals surface area contributed by atoms with Crippen molar-refractivity contribution in [2.75, 3.05) is 0 Å². The lowest BCUT2D eigenvalue weighted by atomic mass is 9.44. The summed E-state index contributed by atoms with van der Waals surface area (Å²) in [5.41, 5.74) is -0.419. The predicted octanol–water partition coefficient (Wildman–Crippen LogP) is 2.24. The van der Waals surface area contributed by atoms with Gasteiger partial charge in [0, 0.05) is 11.8 Å². The van der Waals surface area contributed by atoms with E-state index in [0.29, 0.717) is 18.1 Å². The molecule has 0 N–H and O–H groups in total. The standard InChI is InChI=1S/C12H13FO3/c13-10(15)16-12-2-6-1-11(5-12)3-7(9(6)14)8(11)4-12/h6-8H,1-5H2. The van der Waals surface area contributed by atoms with Gasteiger partial charge < -0.3 is 4.74 Å². The van der Waals surface area contributed by atoms with E-state index in [1.54, 1.807) is 0 Å². The quantitative estimate of drug-likeness (QED) is 0.641. The summed E-state index contributed by atoms with van der Waals surface area (Å²) < 4.78 is 17.4. The van der Waals surface area contributed by atoms with E-state index in [9.17, 15) is 14.0 Å². The highest BCUT2D eigenvalue weighted by Crippen LogP contribution is 2.75. The van der Waals surface area contributed by atoms with E-state index in [2.05, 4.69) is 0 Å². The summed E-state index contributed by atoms with van der Waals surface area (Å²) in [6, 6.07) is 0. The normalized spacial score (nSPS) is 56.1. The average Bonchev–Trinajstić information content (AvgIpc) is 2.29. The van der Waals surface area contributed by atoms with Crippen molar-refractivity contribution in [1.82, 2.24) is 0 Å². The molecule has 1 spiro atoms. The minimum atomic E-state index is -1.68. The molecule has 5 aliphatic rings. The van der Waals surface area contributed by atoms with E-state index in [4.69, 9.17) is 4.74 Å². The summed E-state index contributed by atoms with van der Waals surface area (Å²) in [6.45, 7) is 0. The topological polar surface area (TPSA) is 43.4 Å². The Bertz CT molecular complexity index is 420. The molecule has 0 aromatic carbocycles. The Labute approximate surface area is 92.3 Å². The molecule has 4 bridgehead atoms. The van der Waals surface area contributed by atoms with Crippen LogP contribution in [0.2, 0.25) is 0 Å². The van der Waals surface area contributed by atoms with Gasteiger partial charge in [-0.3, -0.25) is 4.79 Å². The molecule has 5 aliphatic carbocycles. The number of fused-ring (bicyclic) bond motifs is 1. The van der Waals surface area contributed by atoms with Crippen LogP contribution in [0.25, 0.3) is 0 Å². The van der Waals surface area contributed by atoms with Gasteiger partial charge in [0.2, 0.25) is 0 Å². The Balaban J connectivity index is 1.75. The Morgan fingerprint density at radius 2 is 2.12 bits per heavy atom. The number of Topliss-reactive ketones (excluding diaryl/α,β-unsaturated/α-hetero) is 1. The highest BCUT2D eigenvalue weighted by atomic mass is 19.1. The van der Waals surface area contributed by atoms with Crippen LogP contribution in [0.1, 0.15) is 32.1 Å². The lowest BCUT2D eigenvalue weighted by molar-refractivity contribution is -0.164. The molecule has 0 aromatic rings. The molecule has 5 rings (SSSR count). The molecule has 0 aromatic heterocycles. The SMILES string of the molecule is O=C(F)OC12CC3CC4(CC(C3=O)C4C1)C2. The number of rotatable bonds is 1. The fraction of sp³-hybridized carbons (Fsp3) is 0.833. The lowest BCUT2D eigenvalue weighted by Gasteiger charge is -2.59. The first-order chi connectivity index (χ1) is 7.54. The smallest absolute Gasteiger partial charge is 0.434 e. The van der Waals surface area contributed by atoms with Crippen molar-refractivity contribution in [3.05, 3.63) is 0 Å². The van der Waals surface area contributed by atoms with Crippen molar-refractivity contribution in [3.8, 4) is 0 Å². The second-order valence-electron chi connectivity index (χ2n) is 6.19. The lowest BCUT2D eigenvalue weighted by Crippen LogP contribution is -2.58. The van der Waals surface area contributed by atoms with Crippen molar-refractivity contribution in [2.24, 2.45) is 23.2 Å². The van der Waals surface area contributed by atoms with Crippen LogP contribution in [0, 0.1) is 23.2 Å². The molecule has 3 nitrogen and oxygen atoms in total. The number of halogens is 1. The van der Waals surface area contributed by atoms with Crippen molar-refractivity contribution >= 4 is 12.0 Å². The molecule has 16 heavy (non-hydrogen) atoms. The number of hydrogen-bond donors (Lipinski definition) is 0. The van der Waals surface area contributed by atoms with Gasteiger partial charge in [-0.25, -0.2) is 4.79 Å². The zero-order chi connectivity index (χ0) is 11.1. The molecule has 5 atom stereocenters. The summed E-state index contributed by atoms with van der Waals surface area (Å²) in [6.07, 6.45) is 2.31. The molecular formula is C12H13FO3. The fourth-order valence-corrected chi connectivity index (χ4v) is 5.24. The Kier molecular flexibility index (Phi) is 1.33. The van der Waals surface area contributed by atoms with Gasteiger partial charge in [-0.05, 0) is 43.4 Å². The third-order valence-corrected chi connectivity index (χ3v) is 5.50. The molecular weight excluding hydrogens is 211 g/mol. The first-order valence-electron chi connectivity index (χ1n) is 5.96. The van der Waals surface area contributed by atoms with Crippen LogP contribution in [0.3, 0.4) is 0 Å². The van der Waals surface area contributed by atoms with E-state index in [1.165, 1.54) is 0 Å². The van der Waals surface area contributed by atoms with E-state index in [1.807, 2.05) is 0 Å². The minimum Gasteiger partial charge on any atom is -0.434 e. The Morgan fingerprint density at radius 3 is 2.88 bits per heavy atom. The maximum atomic E-state index is 12.5. The zero-order valence-corrected chi connectivity index (χ0v) is 8.87. The maximum absolute atomic E-state index is 12.5. The van der Waals surface area contributed by atoms with Crippen molar-refractivity contribution in [3.63, 3.8) is 0 Å². The van der Waals surface area contributed by atoms with Crippen LogP contribution in [-0.2, 0) is 9.53 Å². The summed E-state index contributed by atoms with van der Waals surface area (Å²) in [7, 11) is 0. The van der Waals surface area contributed by atoms with Crippen LogP contribution in [0.5, 0.6) is 0 Å². The summed E-state index contributed by atoms with van der Waals surface area (Å²) >= 11 is 0. The Hall–Kier alpha value is -0.930. The number of carbonyl (C=O) groups excluding carboxylic acids is 2. The molecule has 4 heteroatoms. The van der Waals surface area contributed by atoms with Gasteiger partial charge in [0.25, 0.3) is 0 Å². The molecule has 5 saturated carbocycles. The fourth-order valence-electron chi connectivity index (χ4n) is 5.24. The van der Waals surface area contributed by atoms with Gasteiger partial charge in [0.15, 0.2) is 0 Å². The van der Waals surface area contributed by atoms with Gasteiger partial charge in [0.1, 0.15) is 11.4 Å². The van der Waals surface area contributed by atoms with Gasteiger partial charge in [-0.2, -0.15) is 0 Å². The first-order valence-corrected chi connectivity index (χ1v) is 5.96. The number of ketones is 1. The van der Waals surface area contributed by atoms with Crippen LogP contribution in [0.15, 0.2) is 0 Å². The highest BCUT2D eigenvalue weighted by Gasteiger charge is 2.74. The molecule has 0 saturated heterocycles. The van der Waals surface area contributed by atoms with Crippen LogP contribution < -0.4 is 0 Å². The third kappa shape index (κ3) is 0.824. The number of ether oxygens (including phenoxy) is 1. The molecule has 5 fully saturated rings. The first kappa shape index (κ1) is 9.14. The van der Waals surface area contributed by atoms with Gasteiger partial charge in [-0.1, -0.05) is 0 Å². The molecule has 0 aliphatic heterocycles. The van der Waals surface area contributed by atoms with Crippen molar-refractivity contribution in [1.29, 1.82) is 0 Å². The van der Waals surface area contributed by atoms with E-state index in [0.717, 1.165) is 25.7 Å². The molecule has 0 radical (unpaired) electrons. The van der Waals surface area contributed by atoms with Crippen LogP contribution >= 0.6 is 0 Å². The second-order valence-corrected chi connectivity index (χ2v) is 6.19. The van der Waals surface area contributed by atoms with E-state index < -0.39 is 11.8 Å². The van der Waals surface area contributed by atoms with Gasteiger partial charge in [-0.15, -0.1) is 4.39 Å². The molecule has 86 valence electrons. The van der Waals surface area contributed by atoms with Crippen molar-refractivity contribution < 1.29 is 18.7 Å². The number of carbonyl (C=O) groups is 2. The summed E-state index contributed by atoms with van der Waals surface area (Å²) in [5, 5.41) is 0. The monoisotopic (exact) mass is 224 g/mol. The third-order valence-electron chi connectivity index (χ3n) is 5.50. The minimum absolute atomic E-state index is 0.0330. The van der Waals surface area contributed by atoms with Crippen LogP contribution in [-0.4, -0.2) is 17.6 Å². The average molecular weight is 224 g/mol. The highest BCUT2D eigenvalue weighted by molar-refractivity contribution is 5.88. The van der Waals surface area contributed by atoms with E-state index in [-0.39, 0.29) is 17.3 Å². The van der Waals surface area contributed by atoms with E-state index >= 15 is 0 Å². The van der Waals surface area contributed by atoms with Gasteiger partial charge >= 0.3 is 6.22 Å². The van der Waals surface area contributed by atoms with Gasteiger partial charge in [0.05, 0.1) is 0 Å². The summed E-state index contributed by atoms with van der Waals surface area (Å²) in [4.78, 5) is 22.6. The predicted molar refractivity (Wildman–Crippen MR) is 51.3 cm³/mol. The molecule has 0 amide bonds. The molecule has 5 unspecified atom stereocenters. The molecule has 0 heterocycles. The second kappa shape index (κ2) is 2.34.